The van der Waals surface area contributed by atoms with Crippen molar-refractivity contribution in [3.8, 4) is 11.3 Å². The molecule has 0 bridgehead atoms. The van der Waals surface area contributed by atoms with Crippen LogP contribution in [-0.4, -0.2) is 43.6 Å². The summed E-state index contributed by atoms with van der Waals surface area (Å²) in [6.45, 7) is 5.93. The van der Waals surface area contributed by atoms with Crippen LogP contribution in [0.1, 0.15) is 48.8 Å². The van der Waals surface area contributed by atoms with Crippen LogP contribution in [0.25, 0.3) is 11.3 Å². The van der Waals surface area contributed by atoms with Crippen molar-refractivity contribution in [2.75, 3.05) is 13.1 Å². The molecular weight excluding hydrogens is 382 g/mol. The first kappa shape index (κ1) is 20.0. The largest absolute Gasteiger partial charge is 0.355 e. The Bertz CT molecular complexity index is 1070. The first-order valence-corrected chi connectivity index (χ1v) is 10.2. The van der Waals surface area contributed by atoms with Crippen molar-refractivity contribution < 1.29 is 9.32 Å². The van der Waals surface area contributed by atoms with Crippen molar-refractivity contribution in [1.29, 1.82) is 0 Å². The predicted molar refractivity (Wildman–Crippen MR) is 111 cm³/mol. The highest BCUT2D eigenvalue weighted by Crippen LogP contribution is 2.23. The molecule has 8 heteroatoms. The van der Waals surface area contributed by atoms with Gasteiger partial charge in [-0.2, -0.15) is 0 Å². The molecule has 156 valence electrons. The number of nitrogens with zero attached hydrogens (tertiary/aromatic N) is 5. The van der Waals surface area contributed by atoms with Gasteiger partial charge in [0.05, 0.1) is 12.0 Å². The molecule has 3 aromatic heterocycles. The fourth-order valence-electron chi connectivity index (χ4n) is 3.67. The van der Waals surface area contributed by atoms with Crippen LogP contribution < -0.4 is 5.56 Å². The number of piperidine rings is 1. The number of hydrogen-bond donors (Lipinski definition) is 0. The molecule has 1 amide bonds. The van der Waals surface area contributed by atoms with E-state index < -0.39 is 0 Å². The molecule has 1 aliphatic heterocycles. The van der Waals surface area contributed by atoms with Crippen molar-refractivity contribution in [2.24, 2.45) is 5.92 Å². The van der Waals surface area contributed by atoms with E-state index in [0.29, 0.717) is 37.0 Å². The third-order valence-corrected chi connectivity index (χ3v) is 5.52. The summed E-state index contributed by atoms with van der Waals surface area (Å²) in [4.78, 5) is 35.4. The minimum absolute atomic E-state index is 0.0160. The van der Waals surface area contributed by atoms with E-state index in [2.05, 4.69) is 15.1 Å². The fraction of sp³-hybridized carbons (Fsp3) is 0.409. The summed E-state index contributed by atoms with van der Waals surface area (Å²) < 4.78 is 6.99. The van der Waals surface area contributed by atoms with Crippen LogP contribution in [0.3, 0.4) is 0 Å². The lowest BCUT2D eigenvalue weighted by atomic mass is 9.96. The first-order chi connectivity index (χ1) is 14.5. The first-order valence-electron chi connectivity index (χ1n) is 10.2. The molecule has 1 saturated heterocycles. The van der Waals surface area contributed by atoms with Gasteiger partial charge in [-0.1, -0.05) is 19.0 Å². The third-order valence-electron chi connectivity index (χ3n) is 5.52. The van der Waals surface area contributed by atoms with E-state index in [1.807, 2.05) is 19.9 Å². The smallest absolute Gasteiger partial charge is 0.276 e. The standard InChI is InChI=1S/C22H25N5O3/c1-15(2)18-11-21(28)27(14-24-18)13-16-5-8-26(9-6-16)22(29)19-10-20(30-25-19)17-4-3-7-23-12-17/h3-4,7,10-12,14-16H,5-6,8-9,13H2,1-2H3. The van der Waals surface area contributed by atoms with Crippen molar-refractivity contribution in [3.63, 3.8) is 0 Å². The Hall–Kier alpha value is -3.29. The summed E-state index contributed by atoms with van der Waals surface area (Å²) in [5.41, 5.74) is 1.88. The zero-order valence-corrected chi connectivity index (χ0v) is 17.2. The molecule has 4 heterocycles. The molecule has 1 fully saturated rings. The van der Waals surface area contributed by atoms with Gasteiger partial charge in [0.1, 0.15) is 0 Å². The van der Waals surface area contributed by atoms with Crippen LogP contribution in [0.2, 0.25) is 0 Å². The van der Waals surface area contributed by atoms with Crippen molar-refractivity contribution >= 4 is 5.91 Å². The van der Waals surface area contributed by atoms with Gasteiger partial charge in [0.25, 0.3) is 11.5 Å². The minimum Gasteiger partial charge on any atom is -0.355 e. The summed E-state index contributed by atoms with van der Waals surface area (Å²) in [5, 5.41) is 3.94. The molecule has 0 unspecified atom stereocenters. The maximum Gasteiger partial charge on any atom is 0.276 e. The highest BCUT2D eigenvalue weighted by atomic mass is 16.5. The lowest BCUT2D eigenvalue weighted by Crippen LogP contribution is -2.40. The van der Waals surface area contributed by atoms with Gasteiger partial charge in [-0.15, -0.1) is 0 Å². The molecule has 1 aliphatic rings. The molecule has 8 nitrogen and oxygen atoms in total. The van der Waals surface area contributed by atoms with Gasteiger partial charge in [-0.05, 0) is 36.8 Å². The van der Waals surface area contributed by atoms with Crippen LogP contribution in [0.15, 0.2) is 52.3 Å². The third kappa shape index (κ3) is 4.32. The lowest BCUT2D eigenvalue weighted by molar-refractivity contribution is 0.0672. The molecule has 0 spiro atoms. The fourth-order valence-corrected chi connectivity index (χ4v) is 3.67. The number of rotatable bonds is 5. The number of amides is 1. The summed E-state index contributed by atoms with van der Waals surface area (Å²) >= 11 is 0. The van der Waals surface area contributed by atoms with E-state index >= 15 is 0 Å². The van der Waals surface area contributed by atoms with E-state index in [-0.39, 0.29) is 17.4 Å². The van der Waals surface area contributed by atoms with Crippen LogP contribution >= 0.6 is 0 Å². The van der Waals surface area contributed by atoms with Crippen LogP contribution in [0, 0.1) is 5.92 Å². The van der Waals surface area contributed by atoms with Crippen LogP contribution in [0.5, 0.6) is 0 Å². The number of hydrogen-bond acceptors (Lipinski definition) is 6. The zero-order valence-electron chi connectivity index (χ0n) is 17.2. The topological polar surface area (TPSA) is 94.1 Å². The molecule has 0 N–H and O–H groups in total. The van der Waals surface area contributed by atoms with Gasteiger partial charge in [0.2, 0.25) is 0 Å². The van der Waals surface area contributed by atoms with E-state index in [9.17, 15) is 9.59 Å². The van der Waals surface area contributed by atoms with Gasteiger partial charge in [0.15, 0.2) is 11.5 Å². The van der Waals surface area contributed by atoms with Crippen LogP contribution in [0.4, 0.5) is 0 Å². The number of likely N-dealkylation sites (tertiary alicyclic amines) is 1. The molecular formula is C22H25N5O3. The Labute approximate surface area is 174 Å². The Balaban J connectivity index is 1.35. The molecule has 0 aliphatic carbocycles. The Morgan fingerprint density at radius 3 is 2.73 bits per heavy atom. The minimum atomic E-state index is -0.132. The second-order valence-electron chi connectivity index (χ2n) is 8.01. The van der Waals surface area contributed by atoms with E-state index in [4.69, 9.17) is 4.52 Å². The predicted octanol–water partition coefficient (Wildman–Crippen LogP) is 2.97. The Morgan fingerprint density at radius 1 is 1.27 bits per heavy atom. The summed E-state index contributed by atoms with van der Waals surface area (Å²) in [6.07, 6.45) is 6.66. The molecule has 0 atom stereocenters. The molecule has 30 heavy (non-hydrogen) atoms. The SMILES string of the molecule is CC(C)c1cc(=O)n(CC2CCN(C(=O)c3cc(-c4cccnc4)on3)CC2)cn1. The second-order valence-corrected chi connectivity index (χ2v) is 8.01. The number of pyridine rings is 1. The average molecular weight is 407 g/mol. The van der Waals surface area contributed by atoms with Crippen molar-refractivity contribution in [3.05, 3.63) is 64.7 Å². The number of carbonyl (C=O) groups is 1. The number of aromatic nitrogens is 4. The van der Waals surface area contributed by atoms with Crippen molar-refractivity contribution in [2.45, 2.75) is 39.2 Å². The normalized spacial score (nSPS) is 15.0. The van der Waals surface area contributed by atoms with Crippen molar-refractivity contribution in [1.82, 2.24) is 24.6 Å². The quantitative estimate of drug-likeness (QED) is 0.645. The van der Waals surface area contributed by atoms with Gasteiger partial charge in [-0.25, -0.2) is 4.98 Å². The number of carbonyl (C=O) groups excluding carboxylic acids is 1. The van der Waals surface area contributed by atoms with Gasteiger partial charge < -0.3 is 9.42 Å². The molecule has 4 rings (SSSR count). The highest BCUT2D eigenvalue weighted by Gasteiger charge is 2.26. The lowest BCUT2D eigenvalue weighted by Gasteiger charge is -2.31. The zero-order chi connectivity index (χ0) is 21.1. The Kier molecular flexibility index (Phi) is 5.74. The summed E-state index contributed by atoms with van der Waals surface area (Å²) in [6, 6.07) is 6.94. The molecule has 0 radical (unpaired) electrons. The van der Waals surface area contributed by atoms with Crippen LogP contribution in [-0.2, 0) is 6.54 Å². The Morgan fingerprint density at radius 2 is 2.07 bits per heavy atom. The van der Waals surface area contributed by atoms with Gasteiger partial charge in [0, 0.05) is 49.7 Å². The highest BCUT2D eigenvalue weighted by molar-refractivity contribution is 5.93. The molecule has 3 aromatic rings. The van der Waals surface area contributed by atoms with E-state index in [1.54, 1.807) is 46.4 Å². The van der Waals surface area contributed by atoms with Gasteiger partial charge in [-0.3, -0.25) is 19.1 Å². The monoisotopic (exact) mass is 407 g/mol. The van der Waals surface area contributed by atoms with E-state index in [1.165, 1.54) is 0 Å². The van der Waals surface area contributed by atoms with E-state index in [0.717, 1.165) is 24.1 Å². The average Bonchev–Trinajstić information content (AvgIpc) is 3.26. The molecule has 0 saturated carbocycles. The summed E-state index contributed by atoms with van der Waals surface area (Å²) in [7, 11) is 0. The van der Waals surface area contributed by atoms with Gasteiger partial charge >= 0.3 is 0 Å². The molecule has 0 aromatic carbocycles. The maximum atomic E-state index is 12.8. The maximum absolute atomic E-state index is 12.8. The second kappa shape index (κ2) is 8.61. The summed E-state index contributed by atoms with van der Waals surface area (Å²) in [5.74, 6) is 0.962.